The fourth-order valence-corrected chi connectivity index (χ4v) is 2.69. The van der Waals surface area contributed by atoms with Gasteiger partial charge in [-0.3, -0.25) is 0 Å². The van der Waals surface area contributed by atoms with Crippen LogP contribution in [0.3, 0.4) is 0 Å². The van der Waals surface area contributed by atoms with E-state index in [4.69, 9.17) is 21.1 Å². The van der Waals surface area contributed by atoms with E-state index in [1.54, 1.807) is 24.3 Å². The Kier molecular flexibility index (Phi) is 7.77. The zero-order chi connectivity index (χ0) is 21.7. The normalized spacial score (nSPS) is 14.3. The van der Waals surface area contributed by atoms with Crippen LogP contribution in [0, 0.1) is 0 Å². The third-order valence-corrected chi connectivity index (χ3v) is 4.88. The number of rotatable bonds is 9. The molecular formula is C21H23ClF4O3. The van der Waals surface area contributed by atoms with Crippen LogP contribution in [0.4, 0.5) is 17.6 Å². The second kappa shape index (κ2) is 9.67. The lowest BCUT2D eigenvalue weighted by molar-refractivity contribution is -0.187. The Labute approximate surface area is 172 Å². The van der Waals surface area contributed by atoms with Crippen molar-refractivity contribution in [3.63, 3.8) is 0 Å². The van der Waals surface area contributed by atoms with E-state index in [0.29, 0.717) is 5.75 Å². The Hall–Kier alpha value is -1.99. The molecule has 1 N–H and O–H groups in total. The molecule has 0 aliphatic heterocycles. The van der Waals surface area contributed by atoms with E-state index >= 15 is 0 Å². The molecule has 0 aliphatic carbocycles. The third kappa shape index (κ3) is 6.51. The van der Waals surface area contributed by atoms with Gasteiger partial charge in [-0.2, -0.15) is 13.2 Å². The van der Waals surface area contributed by atoms with E-state index in [-0.39, 0.29) is 18.2 Å². The van der Waals surface area contributed by atoms with Crippen molar-refractivity contribution in [2.75, 3.05) is 19.1 Å². The zero-order valence-electron chi connectivity index (χ0n) is 16.0. The van der Waals surface area contributed by atoms with E-state index in [2.05, 4.69) is 0 Å². The molecule has 0 bridgehead atoms. The molecule has 160 valence electrons. The van der Waals surface area contributed by atoms with Crippen LogP contribution < -0.4 is 9.47 Å². The zero-order valence-corrected chi connectivity index (χ0v) is 16.8. The van der Waals surface area contributed by atoms with E-state index in [1.165, 1.54) is 12.1 Å². The van der Waals surface area contributed by atoms with Crippen molar-refractivity contribution in [2.45, 2.75) is 37.7 Å². The number of aliphatic hydroxyl groups excluding tert-OH is 1. The highest BCUT2D eigenvalue weighted by molar-refractivity contribution is 6.18. The highest BCUT2D eigenvalue weighted by Gasteiger charge is 2.40. The first kappa shape index (κ1) is 23.3. The molecule has 0 saturated carbocycles. The van der Waals surface area contributed by atoms with E-state index in [9.17, 15) is 22.7 Å². The number of hydrogen-bond acceptors (Lipinski definition) is 3. The number of halogens is 5. The molecule has 0 fully saturated rings. The number of benzene rings is 2. The number of ether oxygens (including phenoxy) is 2. The first-order valence-electron chi connectivity index (χ1n) is 8.95. The van der Waals surface area contributed by atoms with Crippen molar-refractivity contribution in [1.82, 2.24) is 0 Å². The SMILES string of the molecule is CC(C)(c1ccc(OC[C@H](O)CCl)cc1)c1ccc(OC[C@@H](F)C(F)(F)F)cc1. The smallest absolute Gasteiger partial charge is 0.423 e. The minimum atomic E-state index is -4.93. The summed E-state index contributed by atoms with van der Waals surface area (Å²) in [4.78, 5) is 0. The molecule has 3 nitrogen and oxygen atoms in total. The van der Waals surface area contributed by atoms with Gasteiger partial charge in [0.05, 0.1) is 5.88 Å². The monoisotopic (exact) mass is 434 g/mol. The number of aliphatic hydroxyl groups is 1. The van der Waals surface area contributed by atoms with Gasteiger partial charge in [0.1, 0.15) is 30.8 Å². The molecule has 0 amide bonds. The van der Waals surface area contributed by atoms with Crippen molar-refractivity contribution in [3.05, 3.63) is 59.7 Å². The minimum Gasteiger partial charge on any atom is -0.491 e. The van der Waals surface area contributed by atoms with E-state index in [0.717, 1.165) is 11.1 Å². The molecule has 2 aromatic rings. The molecule has 0 saturated heterocycles. The van der Waals surface area contributed by atoms with Crippen LogP contribution in [0.2, 0.25) is 0 Å². The maximum Gasteiger partial charge on any atom is 0.423 e. The summed E-state index contributed by atoms with van der Waals surface area (Å²) < 4.78 is 59.9. The van der Waals surface area contributed by atoms with Crippen LogP contribution in [0.1, 0.15) is 25.0 Å². The summed E-state index contributed by atoms with van der Waals surface area (Å²) in [5, 5.41) is 9.44. The molecule has 2 atom stereocenters. The first-order chi connectivity index (χ1) is 13.5. The lowest BCUT2D eigenvalue weighted by Gasteiger charge is -2.26. The average Bonchev–Trinajstić information content (AvgIpc) is 2.70. The molecule has 0 heterocycles. The lowest BCUT2D eigenvalue weighted by atomic mass is 9.78. The maximum atomic E-state index is 13.0. The van der Waals surface area contributed by atoms with Crippen LogP contribution in [-0.2, 0) is 5.41 Å². The predicted octanol–water partition coefficient (Wildman–Crippen LogP) is 5.27. The molecule has 2 rings (SSSR count). The molecule has 2 aromatic carbocycles. The maximum absolute atomic E-state index is 13.0. The summed E-state index contributed by atoms with van der Waals surface area (Å²) in [5.74, 6) is 0.855. The summed E-state index contributed by atoms with van der Waals surface area (Å²) in [6, 6.07) is 13.9. The van der Waals surface area contributed by atoms with Crippen LogP contribution in [0.15, 0.2) is 48.5 Å². The summed E-state index contributed by atoms with van der Waals surface area (Å²) in [6.07, 6.45) is -8.69. The number of alkyl halides is 5. The van der Waals surface area contributed by atoms with Gasteiger partial charge in [-0.05, 0) is 35.4 Å². The summed E-state index contributed by atoms with van der Waals surface area (Å²) in [7, 11) is 0. The molecule has 8 heteroatoms. The number of hydrogen-bond donors (Lipinski definition) is 1. The second-order valence-electron chi connectivity index (χ2n) is 7.11. The molecule has 29 heavy (non-hydrogen) atoms. The molecule has 0 unspecified atom stereocenters. The van der Waals surface area contributed by atoms with E-state index < -0.39 is 30.5 Å². The van der Waals surface area contributed by atoms with Crippen molar-refractivity contribution in [3.8, 4) is 11.5 Å². The average molecular weight is 435 g/mol. The first-order valence-corrected chi connectivity index (χ1v) is 9.49. The van der Waals surface area contributed by atoms with Gasteiger partial charge in [-0.1, -0.05) is 38.1 Å². The van der Waals surface area contributed by atoms with Gasteiger partial charge in [0, 0.05) is 5.41 Å². The topological polar surface area (TPSA) is 38.7 Å². The Bertz CT molecular complexity index is 761. The third-order valence-electron chi connectivity index (χ3n) is 4.52. The van der Waals surface area contributed by atoms with Gasteiger partial charge in [0.15, 0.2) is 0 Å². The molecule has 0 aromatic heterocycles. The fraction of sp³-hybridized carbons (Fsp3) is 0.429. The van der Waals surface area contributed by atoms with Crippen molar-refractivity contribution >= 4 is 11.6 Å². The van der Waals surface area contributed by atoms with Crippen molar-refractivity contribution in [1.29, 1.82) is 0 Å². The Morgan fingerprint density at radius 1 is 0.862 bits per heavy atom. The molecule has 0 spiro atoms. The Morgan fingerprint density at radius 2 is 1.28 bits per heavy atom. The van der Waals surface area contributed by atoms with E-state index in [1.807, 2.05) is 26.0 Å². The minimum absolute atomic E-state index is 0.0903. The van der Waals surface area contributed by atoms with Crippen LogP contribution >= 0.6 is 11.6 Å². The Balaban J connectivity index is 2.03. The van der Waals surface area contributed by atoms with Gasteiger partial charge >= 0.3 is 6.18 Å². The summed E-state index contributed by atoms with van der Waals surface area (Å²) >= 11 is 5.53. The second-order valence-corrected chi connectivity index (χ2v) is 7.42. The van der Waals surface area contributed by atoms with Crippen LogP contribution in [0.25, 0.3) is 0 Å². The van der Waals surface area contributed by atoms with Crippen molar-refractivity contribution in [2.24, 2.45) is 0 Å². The van der Waals surface area contributed by atoms with Gasteiger partial charge in [-0.15, -0.1) is 11.6 Å². The van der Waals surface area contributed by atoms with Crippen LogP contribution in [0.5, 0.6) is 11.5 Å². The van der Waals surface area contributed by atoms with Gasteiger partial charge in [0.2, 0.25) is 6.17 Å². The highest BCUT2D eigenvalue weighted by atomic mass is 35.5. The lowest BCUT2D eigenvalue weighted by Crippen LogP contribution is -2.30. The predicted molar refractivity (Wildman–Crippen MR) is 104 cm³/mol. The highest BCUT2D eigenvalue weighted by Crippen LogP contribution is 2.33. The summed E-state index contributed by atoms with van der Waals surface area (Å²) in [6.45, 7) is 3.02. The van der Waals surface area contributed by atoms with Gasteiger partial charge in [0.25, 0.3) is 0 Å². The van der Waals surface area contributed by atoms with Crippen molar-refractivity contribution < 1.29 is 32.1 Å². The molecule has 0 radical (unpaired) electrons. The Morgan fingerprint density at radius 3 is 1.66 bits per heavy atom. The van der Waals surface area contributed by atoms with Gasteiger partial charge in [-0.25, -0.2) is 4.39 Å². The fourth-order valence-electron chi connectivity index (χ4n) is 2.60. The molecule has 0 aliphatic rings. The summed E-state index contributed by atoms with van der Waals surface area (Å²) in [5.41, 5.74) is 1.49. The molecular weight excluding hydrogens is 412 g/mol. The quantitative estimate of drug-likeness (QED) is 0.431. The van der Waals surface area contributed by atoms with Crippen LogP contribution in [-0.4, -0.2) is 42.7 Å². The van der Waals surface area contributed by atoms with Gasteiger partial charge < -0.3 is 14.6 Å². The standard InChI is InChI=1S/C21H23ClF4O3/c1-20(2,14-3-7-17(8-4-14)28-12-16(27)11-22)15-5-9-18(10-6-15)29-13-19(23)21(24,25)26/h3-10,16,19,27H,11-13H2,1-2H3/t16-,19-/m1/s1. The largest absolute Gasteiger partial charge is 0.491 e.